The van der Waals surface area contributed by atoms with Gasteiger partial charge in [0, 0.05) is 12.7 Å². The van der Waals surface area contributed by atoms with Gasteiger partial charge in [0.25, 0.3) is 5.91 Å². The van der Waals surface area contributed by atoms with Crippen molar-refractivity contribution in [2.75, 3.05) is 6.54 Å². The van der Waals surface area contributed by atoms with Gasteiger partial charge in [0.2, 0.25) is 0 Å². The molecule has 1 aromatic rings. The van der Waals surface area contributed by atoms with Crippen LogP contribution in [0.15, 0.2) is 18.3 Å². The highest BCUT2D eigenvalue weighted by Crippen LogP contribution is 2.39. The van der Waals surface area contributed by atoms with Crippen LogP contribution in [0.25, 0.3) is 0 Å². The van der Waals surface area contributed by atoms with Gasteiger partial charge in [-0.15, -0.1) is 0 Å². The number of carbonyl (C=O) groups is 1. The molecule has 0 atom stereocenters. The summed E-state index contributed by atoms with van der Waals surface area (Å²) in [7, 11) is 0. The number of amides is 1. The molecule has 1 fully saturated rings. The minimum atomic E-state index is -0.738. The zero-order valence-electron chi connectivity index (χ0n) is 11.1. The molecule has 2 rings (SSSR count). The number of hydrogen-bond acceptors (Lipinski definition) is 2. The maximum Gasteiger partial charge on any atom is 0.267 e. The van der Waals surface area contributed by atoms with E-state index in [0.29, 0.717) is 17.7 Å². The molecule has 18 heavy (non-hydrogen) atoms. The van der Waals surface area contributed by atoms with E-state index in [2.05, 4.69) is 24.1 Å². The molecule has 100 valence electrons. The van der Waals surface area contributed by atoms with E-state index < -0.39 is 5.60 Å². The fourth-order valence-electron chi connectivity index (χ4n) is 2.38. The molecule has 0 spiro atoms. The summed E-state index contributed by atoms with van der Waals surface area (Å²) < 4.78 is 0. The fourth-order valence-corrected chi connectivity index (χ4v) is 2.38. The van der Waals surface area contributed by atoms with E-state index in [1.54, 1.807) is 18.3 Å². The summed E-state index contributed by atoms with van der Waals surface area (Å²) in [6.45, 7) is 4.79. The van der Waals surface area contributed by atoms with Crippen LogP contribution in [0.3, 0.4) is 0 Å². The lowest BCUT2D eigenvalue weighted by Crippen LogP contribution is -2.46. The van der Waals surface area contributed by atoms with Crippen LogP contribution in [0, 0.1) is 5.41 Å². The second-order valence-electron chi connectivity index (χ2n) is 6.16. The Hall–Kier alpha value is -1.29. The SMILES string of the molecule is CC1(C)CCC(O)(CNC(=O)c2ccc[nH]2)CC1. The molecule has 0 aliphatic heterocycles. The maximum absolute atomic E-state index is 11.8. The van der Waals surface area contributed by atoms with Crippen molar-refractivity contribution in [3.05, 3.63) is 24.0 Å². The van der Waals surface area contributed by atoms with Crippen molar-refractivity contribution in [2.45, 2.75) is 45.1 Å². The van der Waals surface area contributed by atoms with Crippen molar-refractivity contribution in [2.24, 2.45) is 5.41 Å². The van der Waals surface area contributed by atoms with E-state index in [9.17, 15) is 9.90 Å². The van der Waals surface area contributed by atoms with Gasteiger partial charge < -0.3 is 15.4 Å². The molecule has 0 unspecified atom stereocenters. The molecule has 1 aliphatic rings. The minimum absolute atomic E-state index is 0.154. The lowest BCUT2D eigenvalue weighted by molar-refractivity contribution is -0.0233. The molecule has 1 amide bonds. The highest BCUT2D eigenvalue weighted by atomic mass is 16.3. The lowest BCUT2D eigenvalue weighted by Gasteiger charge is -2.40. The van der Waals surface area contributed by atoms with Gasteiger partial charge in [-0.05, 0) is 43.2 Å². The van der Waals surface area contributed by atoms with Crippen LogP contribution in [0.5, 0.6) is 0 Å². The number of nitrogens with one attached hydrogen (secondary N) is 2. The van der Waals surface area contributed by atoms with Crippen LogP contribution in [0.1, 0.15) is 50.0 Å². The monoisotopic (exact) mass is 250 g/mol. The van der Waals surface area contributed by atoms with E-state index in [4.69, 9.17) is 0 Å². The summed E-state index contributed by atoms with van der Waals surface area (Å²) in [6, 6.07) is 3.51. The van der Waals surface area contributed by atoms with Gasteiger partial charge in [-0.3, -0.25) is 4.79 Å². The first-order valence-corrected chi connectivity index (χ1v) is 6.54. The second kappa shape index (κ2) is 4.76. The Morgan fingerprint density at radius 1 is 1.39 bits per heavy atom. The Bertz CT molecular complexity index is 399. The van der Waals surface area contributed by atoms with Crippen molar-refractivity contribution in [1.82, 2.24) is 10.3 Å². The lowest BCUT2D eigenvalue weighted by atomic mass is 9.71. The number of H-pyrrole nitrogens is 1. The predicted molar refractivity (Wildman–Crippen MR) is 70.3 cm³/mol. The van der Waals surface area contributed by atoms with Crippen molar-refractivity contribution in [3.63, 3.8) is 0 Å². The summed E-state index contributed by atoms with van der Waals surface area (Å²) in [5, 5.41) is 13.2. The first-order chi connectivity index (χ1) is 8.40. The third-order valence-electron chi connectivity index (χ3n) is 3.95. The molecule has 4 nitrogen and oxygen atoms in total. The summed E-state index contributed by atoms with van der Waals surface area (Å²) in [5.41, 5.74) is 0.114. The molecule has 1 heterocycles. The molecule has 1 aliphatic carbocycles. The number of aliphatic hydroxyl groups is 1. The Balaban J connectivity index is 1.85. The minimum Gasteiger partial charge on any atom is -0.388 e. The van der Waals surface area contributed by atoms with Gasteiger partial charge in [0.1, 0.15) is 5.69 Å². The van der Waals surface area contributed by atoms with Crippen LogP contribution in [0.2, 0.25) is 0 Å². The van der Waals surface area contributed by atoms with Gasteiger partial charge >= 0.3 is 0 Å². The number of carbonyl (C=O) groups excluding carboxylic acids is 1. The molecule has 1 aromatic heterocycles. The van der Waals surface area contributed by atoms with Crippen LogP contribution in [-0.2, 0) is 0 Å². The Morgan fingerprint density at radius 2 is 2.06 bits per heavy atom. The van der Waals surface area contributed by atoms with Crippen LogP contribution in [0.4, 0.5) is 0 Å². The average molecular weight is 250 g/mol. The topological polar surface area (TPSA) is 65.1 Å². The zero-order valence-corrected chi connectivity index (χ0v) is 11.1. The summed E-state index contributed by atoms with van der Waals surface area (Å²) >= 11 is 0. The molecule has 0 saturated heterocycles. The summed E-state index contributed by atoms with van der Waals surface area (Å²) in [5.74, 6) is -0.154. The van der Waals surface area contributed by atoms with Crippen molar-refractivity contribution < 1.29 is 9.90 Å². The Labute approximate surface area is 108 Å². The normalized spacial score (nSPS) is 21.5. The number of aromatic nitrogens is 1. The molecule has 4 heteroatoms. The highest BCUT2D eigenvalue weighted by molar-refractivity contribution is 5.92. The quantitative estimate of drug-likeness (QED) is 0.769. The van der Waals surface area contributed by atoms with Gasteiger partial charge in [-0.1, -0.05) is 13.8 Å². The Morgan fingerprint density at radius 3 is 2.61 bits per heavy atom. The van der Waals surface area contributed by atoms with Gasteiger partial charge in [-0.2, -0.15) is 0 Å². The van der Waals surface area contributed by atoms with E-state index in [1.807, 2.05) is 0 Å². The van der Waals surface area contributed by atoms with Crippen LogP contribution >= 0.6 is 0 Å². The molecule has 3 N–H and O–H groups in total. The first kappa shape index (κ1) is 13.1. The van der Waals surface area contributed by atoms with Gasteiger partial charge in [0.05, 0.1) is 5.60 Å². The maximum atomic E-state index is 11.8. The van der Waals surface area contributed by atoms with E-state index in [-0.39, 0.29) is 5.91 Å². The highest BCUT2D eigenvalue weighted by Gasteiger charge is 2.36. The molecule has 0 radical (unpaired) electrons. The molecular formula is C14H22N2O2. The van der Waals surface area contributed by atoms with Crippen molar-refractivity contribution >= 4 is 5.91 Å². The van der Waals surface area contributed by atoms with Crippen molar-refractivity contribution in [1.29, 1.82) is 0 Å². The predicted octanol–water partition coefficient (Wildman–Crippen LogP) is 2.08. The number of rotatable bonds is 3. The molecule has 0 aromatic carbocycles. The summed E-state index contributed by atoms with van der Waals surface area (Å²) in [4.78, 5) is 14.6. The third kappa shape index (κ3) is 3.13. The zero-order chi connectivity index (χ0) is 13.2. The van der Waals surface area contributed by atoms with E-state index in [1.165, 1.54) is 0 Å². The summed E-state index contributed by atoms with van der Waals surface area (Å²) in [6.07, 6.45) is 5.23. The largest absolute Gasteiger partial charge is 0.388 e. The van der Waals surface area contributed by atoms with Gasteiger partial charge in [0.15, 0.2) is 0 Å². The molecular weight excluding hydrogens is 228 g/mol. The smallest absolute Gasteiger partial charge is 0.267 e. The van der Waals surface area contributed by atoms with Crippen LogP contribution < -0.4 is 5.32 Å². The van der Waals surface area contributed by atoms with Crippen molar-refractivity contribution in [3.8, 4) is 0 Å². The Kier molecular flexibility index (Phi) is 3.48. The third-order valence-corrected chi connectivity index (χ3v) is 3.95. The second-order valence-corrected chi connectivity index (χ2v) is 6.16. The number of aromatic amines is 1. The van der Waals surface area contributed by atoms with E-state index >= 15 is 0 Å². The van der Waals surface area contributed by atoms with E-state index in [0.717, 1.165) is 25.7 Å². The molecule has 1 saturated carbocycles. The first-order valence-electron chi connectivity index (χ1n) is 6.54. The van der Waals surface area contributed by atoms with Crippen LogP contribution in [-0.4, -0.2) is 28.1 Å². The van der Waals surface area contributed by atoms with Gasteiger partial charge in [-0.25, -0.2) is 0 Å². The molecule has 0 bridgehead atoms. The fraction of sp³-hybridized carbons (Fsp3) is 0.643. The number of hydrogen-bond donors (Lipinski definition) is 3. The standard InChI is InChI=1S/C14H22N2O2/c1-13(2)5-7-14(18,8-6-13)10-16-12(17)11-4-3-9-15-11/h3-4,9,15,18H,5-8,10H2,1-2H3,(H,16,17). The average Bonchev–Trinajstić information content (AvgIpc) is 2.85.